The van der Waals surface area contributed by atoms with E-state index >= 15 is 0 Å². The van der Waals surface area contributed by atoms with Crippen LogP contribution < -0.4 is 5.76 Å². The number of aromatic nitrogens is 1. The molecule has 4 rings (SSSR count). The van der Waals surface area contributed by atoms with Gasteiger partial charge in [0.1, 0.15) is 18.7 Å². The first-order valence-electron chi connectivity index (χ1n) is 6.72. The summed E-state index contributed by atoms with van der Waals surface area (Å²) in [7, 11) is 0. The smallest absolute Gasteiger partial charge is 0.420 e. The van der Waals surface area contributed by atoms with E-state index in [0.717, 1.165) is 0 Å². The molecule has 2 aliphatic heterocycles. The summed E-state index contributed by atoms with van der Waals surface area (Å²) in [4.78, 5) is 37.2. The van der Waals surface area contributed by atoms with Gasteiger partial charge in [-0.25, -0.2) is 9.59 Å². The molecular weight excluding hydrogens is 276 g/mol. The van der Waals surface area contributed by atoms with Crippen molar-refractivity contribution < 1.29 is 18.7 Å². The Morgan fingerprint density at radius 3 is 2.86 bits per heavy atom. The molecule has 7 heteroatoms. The summed E-state index contributed by atoms with van der Waals surface area (Å²) in [6.07, 6.45) is 0.343. The highest BCUT2D eigenvalue weighted by molar-refractivity contribution is 5.88. The quantitative estimate of drug-likeness (QED) is 0.733. The van der Waals surface area contributed by atoms with E-state index in [2.05, 4.69) is 0 Å². The number of amides is 1. The maximum atomic E-state index is 12.4. The lowest BCUT2D eigenvalue weighted by molar-refractivity contribution is -0.157. The Kier molecular flexibility index (Phi) is 2.44. The number of hydrogen-bond acceptors (Lipinski definition) is 5. The summed E-state index contributed by atoms with van der Waals surface area (Å²) >= 11 is 0. The van der Waals surface area contributed by atoms with Crippen LogP contribution in [-0.2, 0) is 20.9 Å². The molecule has 2 saturated heterocycles. The third-order valence-electron chi connectivity index (χ3n) is 4.01. The number of carbonyl (C=O) groups excluding carboxylic acids is 2. The van der Waals surface area contributed by atoms with Gasteiger partial charge in [0.05, 0.1) is 12.1 Å². The second kappa shape index (κ2) is 4.21. The molecule has 0 spiro atoms. The summed E-state index contributed by atoms with van der Waals surface area (Å²) < 4.78 is 11.4. The van der Waals surface area contributed by atoms with Crippen LogP contribution in [0.4, 0.5) is 0 Å². The third-order valence-corrected chi connectivity index (χ3v) is 4.01. The second-order valence-corrected chi connectivity index (χ2v) is 5.28. The number of esters is 1. The van der Waals surface area contributed by atoms with E-state index in [1.54, 1.807) is 24.3 Å². The monoisotopic (exact) mass is 288 g/mol. The Hall–Kier alpha value is -2.57. The van der Waals surface area contributed by atoms with Crippen LogP contribution in [0.1, 0.15) is 6.42 Å². The van der Waals surface area contributed by atoms with Crippen molar-refractivity contribution in [2.24, 2.45) is 0 Å². The molecule has 21 heavy (non-hydrogen) atoms. The third kappa shape index (κ3) is 1.77. The van der Waals surface area contributed by atoms with Crippen molar-refractivity contribution in [3.63, 3.8) is 0 Å². The molecule has 2 bridgehead atoms. The van der Waals surface area contributed by atoms with Crippen molar-refractivity contribution in [1.29, 1.82) is 0 Å². The minimum atomic E-state index is -0.573. The fourth-order valence-corrected chi connectivity index (χ4v) is 3.01. The van der Waals surface area contributed by atoms with Gasteiger partial charge >= 0.3 is 11.7 Å². The summed E-state index contributed by atoms with van der Waals surface area (Å²) in [5.74, 6) is -1.20. The molecule has 0 N–H and O–H groups in total. The lowest BCUT2D eigenvalue weighted by atomic mass is 10.2. The Morgan fingerprint density at radius 1 is 1.29 bits per heavy atom. The lowest BCUT2D eigenvalue weighted by Gasteiger charge is -2.25. The molecule has 108 valence electrons. The summed E-state index contributed by atoms with van der Waals surface area (Å²) in [5, 5.41) is 0. The predicted octanol–water partition coefficient (Wildman–Crippen LogP) is 0.121. The van der Waals surface area contributed by atoms with E-state index in [-0.39, 0.29) is 24.5 Å². The summed E-state index contributed by atoms with van der Waals surface area (Å²) in [5.41, 5.74) is 1.01. The molecule has 2 aliphatic rings. The van der Waals surface area contributed by atoms with E-state index in [0.29, 0.717) is 24.1 Å². The normalized spacial score (nSPS) is 23.8. The minimum Gasteiger partial charge on any atom is -0.459 e. The number of benzene rings is 1. The number of likely N-dealkylation sites (tertiary alicyclic amines) is 1. The van der Waals surface area contributed by atoms with E-state index in [1.165, 1.54) is 9.47 Å². The molecular formula is C14H12N2O5. The largest absolute Gasteiger partial charge is 0.459 e. The first kappa shape index (κ1) is 12.2. The highest BCUT2D eigenvalue weighted by Gasteiger charge is 2.48. The molecule has 1 amide bonds. The number of hydrogen-bond donors (Lipinski definition) is 0. The first-order valence-corrected chi connectivity index (χ1v) is 6.72. The van der Waals surface area contributed by atoms with Gasteiger partial charge in [0.25, 0.3) is 0 Å². The van der Waals surface area contributed by atoms with Crippen LogP contribution in [0.5, 0.6) is 0 Å². The van der Waals surface area contributed by atoms with Crippen molar-refractivity contribution in [3.05, 3.63) is 34.8 Å². The van der Waals surface area contributed by atoms with Gasteiger partial charge in [-0.3, -0.25) is 9.36 Å². The van der Waals surface area contributed by atoms with Gasteiger partial charge in [0.2, 0.25) is 5.91 Å². The summed E-state index contributed by atoms with van der Waals surface area (Å²) in [6, 6.07) is 6.42. The second-order valence-electron chi connectivity index (χ2n) is 5.28. The number of ether oxygens (including phenoxy) is 1. The number of morpholine rings is 1. The van der Waals surface area contributed by atoms with Crippen LogP contribution in [0.15, 0.2) is 33.5 Å². The zero-order chi connectivity index (χ0) is 14.6. The lowest BCUT2D eigenvalue weighted by Crippen LogP contribution is -2.46. The van der Waals surface area contributed by atoms with Gasteiger partial charge in [-0.05, 0) is 12.1 Å². The van der Waals surface area contributed by atoms with Crippen LogP contribution in [0, 0.1) is 0 Å². The van der Waals surface area contributed by atoms with Gasteiger partial charge in [-0.2, -0.15) is 0 Å². The highest BCUT2D eigenvalue weighted by Crippen LogP contribution is 2.29. The number of para-hydroxylation sites is 2. The van der Waals surface area contributed by atoms with Crippen molar-refractivity contribution in [3.8, 4) is 0 Å². The summed E-state index contributed by atoms with van der Waals surface area (Å²) in [6.45, 7) is 0.270. The fraction of sp³-hybridized carbons (Fsp3) is 0.357. The predicted molar refractivity (Wildman–Crippen MR) is 70.5 cm³/mol. The van der Waals surface area contributed by atoms with Gasteiger partial charge in [0, 0.05) is 6.42 Å². The molecule has 0 unspecified atom stereocenters. The van der Waals surface area contributed by atoms with Gasteiger partial charge in [-0.15, -0.1) is 0 Å². The number of fused-ring (bicyclic) bond motifs is 3. The topological polar surface area (TPSA) is 81.8 Å². The van der Waals surface area contributed by atoms with Crippen molar-refractivity contribution in [2.75, 3.05) is 6.54 Å². The SMILES string of the molecule is O=C1O[C@@H]2C[C@@H]1N(C(=O)Cn1c(=O)oc3ccccc31)C2. The molecule has 0 aliphatic carbocycles. The average molecular weight is 288 g/mol. The van der Waals surface area contributed by atoms with Crippen molar-refractivity contribution >= 4 is 23.0 Å². The van der Waals surface area contributed by atoms with E-state index in [9.17, 15) is 14.4 Å². The molecule has 3 heterocycles. The number of nitrogens with zero attached hydrogens (tertiary/aromatic N) is 2. The molecule has 2 atom stereocenters. The van der Waals surface area contributed by atoms with Crippen LogP contribution >= 0.6 is 0 Å². The zero-order valence-electron chi connectivity index (χ0n) is 11.0. The van der Waals surface area contributed by atoms with E-state index < -0.39 is 11.8 Å². The van der Waals surface area contributed by atoms with Gasteiger partial charge in [0.15, 0.2) is 5.58 Å². The first-order chi connectivity index (χ1) is 10.1. The van der Waals surface area contributed by atoms with Crippen LogP contribution in [0.2, 0.25) is 0 Å². The molecule has 0 saturated carbocycles. The fourth-order valence-electron chi connectivity index (χ4n) is 3.01. The standard InChI is InChI=1S/C14H12N2O5/c17-12(15-6-8-5-10(15)13(18)20-8)7-16-9-3-1-2-4-11(9)21-14(16)19/h1-4,8,10H,5-7H2/t8-,10+/m1/s1. The maximum absolute atomic E-state index is 12.4. The Bertz CT molecular complexity index is 805. The van der Waals surface area contributed by atoms with Crippen LogP contribution in [0.25, 0.3) is 11.1 Å². The van der Waals surface area contributed by atoms with Crippen molar-refractivity contribution in [1.82, 2.24) is 9.47 Å². The minimum absolute atomic E-state index is 0.133. The molecule has 2 fully saturated rings. The zero-order valence-corrected chi connectivity index (χ0v) is 11.0. The van der Waals surface area contributed by atoms with Crippen molar-refractivity contribution in [2.45, 2.75) is 25.1 Å². The molecule has 2 aromatic rings. The number of carbonyl (C=O) groups is 2. The molecule has 0 radical (unpaired) electrons. The van der Waals surface area contributed by atoms with E-state index in [4.69, 9.17) is 9.15 Å². The van der Waals surface area contributed by atoms with Gasteiger partial charge in [-0.1, -0.05) is 12.1 Å². The highest BCUT2D eigenvalue weighted by atomic mass is 16.6. The molecule has 7 nitrogen and oxygen atoms in total. The van der Waals surface area contributed by atoms with Gasteiger partial charge < -0.3 is 14.1 Å². The Balaban J connectivity index is 1.63. The molecule has 1 aromatic heterocycles. The van der Waals surface area contributed by atoms with Crippen LogP contribution in [-0.4, -0.2) is 40.0 Å². The molecule has 1 aromatic carbocycles. The Labute approximate surface area is 118 Å². The average Bonchev–Trinajstić information content (AvgIpc) is 3.12. The van der Waals surface area contributed by atoms with Crippen LogP contribution in [0.3, 0.4) is 0 Å². The van der Waals surface area contributed by atoms with E-state index in [1.807, 2.05) is 0 Å². The maximum Gasteiger partial charge on any atom is 0.420 e. The number of rotatable bonds is 2. The number of oxazole rings is 1. The Morgan fingerprint density at radius 2 is 2.10 bits per heavy atom.